The highest BCUT2D eigenvalue weighted by atomic mass is 32.2. The Kier molecular flexibility index (Phi) is 4.45. The molecule has 1 aliphatic heterocycles. The summed E-state index contributed by atoms with van der Waals surface area (Å²) in [6, 6.07) is 0. The number of hydrogen-bond acceptors (Lipinski definition) is 4. The van der Waals surface area contributed by atoms with Gasteiger partial charge in [-0.25, -0.2) is 4.98 Å². The van der Waals surface area contributed by atoms with E-state index < -0.39 is 0 Å². The molecule has 1 fully saturated rings. The molecule has 1 amide bonds. The van der Waals surface area contributed by atoms with Gasteiger partial charge in [-0.3, -0.25) is 4.79 Å². The van der Waals surface area contributed by atoms with Gasteiger partial charge in [0.25, 0.3) is 0 Å². The lowest BCUT2D eigenvalue weighted by molar-refractivity contribution is -0.131. The molecule has 0 unspecified atom stereocenters. The summed E-state index contributed by atoms with van der Waals surface area (Å²) in [6.45, 7) is 3.87. The third kappa shape index (κ3) is 3.22. The van der Waals surface area contributed by atoms with E-state index in [0.29, 0.717) is 6.42 Å². The summed E-state index contributed by atoms with van der Waals surface area (Å²) in [5.74, 6) is 0.268. The topological polar surface area (TPSA) is 33.2 Å². The number of hydrogen-bond donors (Lipinski definition) is 0. The largest absolute Gasteiger partial charge is 0.342 e. The van der Waals surface area contributed by atoms with E-state index in [1.807, 2.05) is 18.1 Å². The van der Waals surface area contributed by atoms with Crippen LogP contribution >= 0.6 is 23.1 Å². The molecule has 1 aromatic rings. The normalized spacial score (nSPS) is 16.2. The number of aromatic nitrogens is 1. The van der Waals surface area contributed by atoms with Crippen LogP contribution in [0.3, 0.4) is 0 Å². The summed E-state index contributed by atoms with van der Waals surface area (Å²) in [5, 5.41) is 0. The number of thiazole rings is 1. The van der Waals surface area contributed by atoms with E-state index in [4.69, 9.17) is 0 Å². The number of aryl methyl sites for hydroxylation is 1. The first-order valence-corrected chi connectivity index (χ1v) is 8.03. The molecule has 0 aromatic carbocycles. The number of rotatable bonds is 3. The molecule has 2 heterocycles. The van der Waals surface area contributed by atoms with Gasteiger partial charge in [-0.1, -0.05) is 11.8 Å². The summed E-state index contributed by atoms with van der Waals surface area (Å²) in [5.41, 5.74) is 1.02. The second-order valence-electron chi connectivity index (χ2n) is 4.31. The molecule has 94 valence electrons. The van der Waals surface area contributed by atoms with Crippen LogP contribution in [-0.4, -0.2) is 35.1 Å². The van der Waals surface area contributed by atoms with E-state index in [0.717, 1.165) is 40.8 Å². The zero-order valence-electron chi connectivity index (χ0n) is 10.4. The van der Waals surface area contributed by atoms with Crippen LogP contribution in [-0.2, 0) is 11.2 Å². The molecular formula is C12H18N2OS2. The fraction of sp³-hybridized carbons (Fsp3) is 0.667. The van der Waals surface area contributed by atoms with Crippen molar-refractivity contribution >= 4 is 29.0 Å². The lowest BCUT2D eigenvalue weighted by Crippen LogP contribution is -2.36. The van der Waals surface area contributed by atoms with E-state index in [-0.39, 0.29) is 5.91 Å². The highest BCUT2D eigenvalue weighted by Crippen LogP contribution is 2.26. The number of amides is 1. The Labute approximate surface area is 111 Å². The Morgan fingerprint density at radius 1 is 1.41 bits per heavy atom. The van der Waals surface area contributed by atoms with Gasteiger partial charge >= 0.3 is 0 Å². The third-order valence-electron chi connectivity index (χ3n) is 3.07. The fourth-order valence-electron chi connectivity index (χ4n) is 2.05. The molecule has 1 aromatic heterocycles. The van der Waals surface area contributed by atoms with Crippen LogP contribution in [0.2, 0.25) is 0 Å². The molecule has 0 radical (unpaired) electrons. The van der Waals surface area contributed by atoms with Gasteiger partial charge in [-0.15, -0.1) is 11.3 Å². The van der Waals surface area contributed by atoms with Crippen molar-refractivity contribution in [3.8, 4) is 0 Å². The van der Waals surface area contributed by atoms with Crippen molar-refractivity contribution in [1.82, 2.24) is 9.88 Å². The van der Waals surface area contributed by atoms with Crippen molar-refractivity contribution in [3.05, 3.63) is 10.6 Å². The van der Waals surface area contributed by atoms with Crippen LogP contribution < -0.4 is 0 Å². The summed E-state index contributed by atoms with van der Waals surface area (Å²) < 4.78 is 1.06. The second-order valence-corrected chi connectivity index (χ2v) is 6.45. The van der Waals surface area contributed by atoms with Crippen LogP contribution in [0.1, 0.15) is 29.8 Å². The minimum atomic E-state index is 0.268. The molecule has 1 aliphatic rings. The summed E-state index contributed by atoms with van der Waals surface area (Å²) >= 11 is 3.31. The molecule has 1 saturated heterocycles. The van der Waals surface area contributed by atoms with E-state index in [9.17, 15) is 4.79 Å². The van der Waals surface area contributed by atoms with Crippen LogP contribution in [0, 0.1) is 6.92 Å². The van der Waals surface area contributed by atoms with Gasteiger partial charge in [-0.2, -0.15) is 0 Å². The summed E-state index contributed by atoms with van der Waals surface area (Å²) in [4.78, 5) is 19.7. The van der Waals surface area contributed by atoms with Crippen molar-refractivity contribution < 1.29 is 4.79 Å². The Morgan fingerprint density at radius 2 is 2.12 bits per heavy atom. The molecule has 2 rings (SSSR count). The average molecular weight is 270 g/mol. The molecule has 17 heavy (non-hydrogen) atoms. The maximum Gasteiger partial charge on any atom is 0.227 e. The maximum absolute atomic E-state index is 12.1. The maximum atomic E-state index is 12.1. The van der Waals surface area contributed by atoms with Gasteiger partial charge in [0.2, 0.25) is 5.91 Å². The zero-order valence-corrected chi connectivity index (χ0v) is 12.0. The van der Waals surface area contributed by atoms with E-state index in [2.05, 4.69) is 4.98 Å². The van der Waals surface area contributed by atoms with Gasteiger partial charge in [-0.05, 0) is 32.4 Å². The van der Waals surface area contributed by atoms with Gasteiger partial charge < -0.3 is 4.90 Å². The first-order valence-electron chi connectivity index (χ1n) is 5.99. The fourth-order valence-corrected chi connectivity index (χ4v) is 3.69. The highest BCUT2D eigenvalue weighted by molar-refractivity contribution is 8.00. The van der Waals surface area contributed by atoms with Gasteiger partial charge in [0.1, 0.15) is 4.34 Å². The number of piperidine rings is 1. The predicted octanol–water partition coefficient (Wildman–Crippen LogP) is 2.73. The molecule has 3 nitrogen and oxygen atoms in total. The van der Waals surface area contributed by atoms with Crippen molar-refractivity contribution in [2.24, 2.45) is 0 Å². The smallest absolute Gasteiger partial charge is 0.227 e. The predicted molar refractivity (Wildman–Crippen MR) is 72.8 cm³/mol. The first-order chi connectivity index (χ1) is 8.20. The van der Waals surface area contributed by atoms with Crippen molar-refractivity contribution in [2.45, 2.75) is 36.9 Å². The Hall–Kier alpha value is -0.550. The molecule has 5 heteroatoms. The quantitative estimate of drug-likeness (QED) is 0.792. The van der Waals surface area contributed by atoms with Gasteiger partial charge in [0.05, 0.1) is 12.1 Å². The van der Waals surface area contributed by atoms with Crippen molar-refractivity contribution in [1.29, 1.82) is 0 Å². The number of carbonyl (C=O) groups excluding carboxylic acids is 1. The Bertz CT molecular complexity index is 397. The lowest BCUT2D eigenvalue weighted by atomic mass is 10.1. The van der Waals surface area contributed by atoms with Crippen LogP contribution in [0.25, 0.3) is 0 Å². The van der Waals surface area contributed by atoms with Crippen LogP contribution in [0.15, 0.2) is 4.34 Å². The van der Waals surface area contributed by atoms with E-state index >= 15 is 0 Å². The monoisotopic (exact) mass is 270 g/mol. The van der Waals surface area contributed by atoms with E-state index in [1.54, 1.807) is 23.1 Å². The zero-order chi connectivity index (χ0) is 12.3. The van der Waals surface area contributed by atoms with Gasteiger partial charge in [0, 0.05) is 18.0 Å². The van der Waals surface area contributed by atoms with E-state index in [1.165, 1.54) is 6.42 Å². The third-order valence-corrected chi connectivity index (χ3v) is 5.21. The molecule has 0 atom stereocenters. The van der Waals surface area contributed by atoms with Crippen LogP contribution in [0.5, 0.6) is 0 Å². The molecule has 0 spiro atoms. The van der Waals surface area contributed by atoms with Gasteiger partial charge in [0.15, 0.2) is 0 Å². The number of thioether (sulfide) groups is 1. The molecule has 0 aliphatic carbocycles. The number of nitrogens with zero attached hydrogens (tertiary/aromatic N) is 2. The molecule has 0 N–H and O–H groups in total. The standard InChI is InChI=1S/C12H18N2OS2/c1-9-10(17-12(13-9)16-2)8-11(15)14-6-4-3-5-7-14/h3-8H2,1-2H3. The molecule has 0 saturated carbocycles. The Morgan fingerprint density at radius 3 is 2.71 bits per heavy atom. The Balaban J connectivity index is 1.99. The summed E-state index contributed by atoms with van der Waals surface area (Å²) in [7, 11) is 0. The van der Waals surface area contributed by atoms with Crippen molar-refractivity contribution in [2.75, 3.05) is 19.3 Å². The lowest BCUT2D eigenvalue weighted by Gasteiger charge is -2.26. The second kappa shape index (κ2) is 5.87. The SMILES string of the molecule is CSc1nc(C)c(CC(=O)N2CCCCC2)s1. The average Bonchev–Trinajstić information content (AvgIpc) is 2.71. The molecule has 0 bridgehead atoms. The highest BCUT2D eigenvalue weighted by Gasteiger charge is 2.19. The summed E-state index contributed by atoms with van der Waals surface area (Å²) in [6.07, 6.45) is 6.13. The molecular weight excluding hydrogens is 252 g/mol. The van der Waals surface area contributed by atoms with Crippen molar-refractivity contribution in [3.63, 3.8) is 0 Å². The first kappa shape index (κ1) is 12.9. The number of likely N-dealkylation sites (tertiary alicyclic amines) is 1. The minimum Gasteiger partial charge on any atom is -0.342 e. The van der Waals surface area contributed by atoms with Crippen LogP contribution in [0.4, 0.5) is 0 Å². The minimum absolute atomic E-state index is 0.268. The number of carbonyl (C=O) groups is 1.